The first-order chi connectivity index (χ1) is 26.7. The molecule has 4 nitrogen and oxygen atoms in total. The SMILES string of the molecule is N#Cc1ccc(-n2c3ccccc3c3c4sc5ccccc5c4ccc32)c(-c2cc(-n3c4ccccc4c4c5sc6ccccc6c5ccc43)ccn2)c1. The van der Waals surface area contributed by atoms with Crippen molar-refractivity contribution in [3.63, 3.8) is 0 Å². The Bertz CT molecular complexity index is 3590. The van der Waals surface area contributed by atoms with Crippen LogP contribution in [0.3, 0.4) is 0 Å². The maximum absolute atomic E-state index is 10.2. The van der Waals surface area contributed by atoms with Crippen molar-refractivity contribution in [2.24, 2.45) is 0 Å². The summed E-state index contributed by atoms with van der Waals surface area (Å²) in [6.07, 6.45) is 1.90. The number of rotatable bonds is 3. The van der Waals surface area contributed by atoms with E-state index in [-0.39, 0.29) is 0 Å². The van der Waals surface area contributed by atoms with Crippen molar-refractivity contribution in [3.8, 4) is 28.7 Å². The predicted molar refractivity (Wildman–Crippen MR) is 229 cm³/mol. The van der Waals surface area contributed by atoms with Crippen LogP contribution in [-0.2, 0) is 0 Å². The van der Waals surface area contributed by atoms with Crippen LogP contribution in [0.25, 0.3) is 107 Å². The van der Waals surface area contributed by atoms with Crippen molar-refractivity contribution in [2.45, 2.75) is 0 Å². The first-order valence-electron chi connectivity index (χ1n) is 17.9. The normalized spacial score (nSPS) is 12.1. The zero-order valence-corrected chi connectivity index (χ0v) is 30.2. The molecule has 0 bridgehead atoms. The van der Waals surface area contributed by atoms with Gasteiger partial charge in [-0.1, -0.05) is 84.9 Å². The van der Waals surface area contributed by atoms with Gasteiger partial charge in [0.05, 0.1) is 45.1 Å². The molecule has 0 aliphatic heterocycles. The molecule has 0 N–H and O–H groups in total. The molecule has 0 unspecified atom stereocenters. The molecule has 12 aromatic rings. The molecule has 0 spiro atoms. The molecule has 5 aromatic heterocycles. The van der Waals surface area contributed by atoms with Gasteiger partial charge in [0.1, 0.15) is 0 Å². The second kappa shape index (κ2) is 11.1. The van der Waals surface area contributed by atoms with Crippen molar-refractivity contribution in [1.29, 1.82) is 5.26 Å². The predicted octanol–water partition coefficient (Wildman–Crippen LogP) is 13.6. The van der Waals surface area contributed by atoms with Crippen molar-refractivity contribution in [3.05, 3.63) is 163 Å². The Labute approximate surface area is 316 Å². The fourth-order valence-electron chi connectivity index (χ4n) is 8.72. The lowest BCUT2D eigenvalue weighted by Crippen LogP contribution is -2.00. The Balaban J connectivity index is 1.12. The molecule has 0 saturated carbocycles. The molecule has 7 aromatic carbocycles. The van der Waals surface area contributed by atoms with Crippen LogP contribution in [0.5, 0.6) is 0 Å². The van der Waals surface area contributed by atoms with Crippen LogP contribution in [0, 0.1) is 11.3 Å². The minimum absolute atomic E-state index is 0.595. The van der Waals surface area contributed by atoms with E-state index in [1.54, 1.807) is 0 Å². The molecule has 6 heteroatoms. The lowest BCUT2D eigenvalue weighted by Gasteiger charge is -2.15. The highest BCUT2D eigenvalue weighted by atomic mass is 32.1. The molecule has 0 radical (unpaired) electrons. The van der Waals surface area contributed by atoms with Gasteiger partial charge in [-0.2, -0.15) is 5.26 Å². The minimum Gasteiger partial charge on any atom is -0.309 e. The number of nitriles is 1. The van der Waals surface area contributed by atoms with Gasteiger partial charge in [0.15, 0.2) is 0 Å². The quantitative estimate of drug-likeness (QED) is 0.182. The van der Waals surface area contributed by atoms with Crippen molar-refractivity contribution >= 4 is 107 Å². The number of para-hydroxylation sites is 2. The van der Waals surface area contributed by atoms with Crippen molar-refractivity contribution in [1.82, 2.24) is 14.1 Å². The van der Waals surface area contributed by atoms with Crippen LogP contribution in [0.15, 0.2) is 158 Å². The van der Waals surface area contributed by atoms with Crippen LogP contribution in [-0.4, -0.2) is 14.1 Å². The number of pyridine rings is 1. The Kier molecular flexibility index (Phi) is 6.12. The van der Waals surface area contributed by atoms with E-state index in [9.17, 15) is 5.26 Å². The highest BCUT2D eigenvalue weighted by molar-refractivity contribution is 7.27. The molecule has 250 valence electrons. The summed E-state index contributed by atoms with van der Waals surface area (Å²) < 4.78 is 9.91. The zero-order chi connectivity index (χ0) is 35.5. The van der Waals surface area contributed by atoms with E-state index in [4.69, 9.17) is 4.98 Å². The second-order valence-corrected chi connectivity index (χ2v) is 15.9. The summed E-state index contributed by atoms with van der Waals surface area (Å²) in [6, 6.07) is 56.5. The van der Waals surface area contributed by atoms with Crippen LogP contribution >= 0.6 is 22.7 Å². The lowest BCUT2D eigenvalue weighted by atomic mass is 10.0. The number of hydrogen-bond donors (Lipinski definition) is 0. The Morgan fingerprint density at radius 3 is 1.67 bits per heavy atom. The average Bonchev–Trinajstić information content (AvgIpc) is 3.98. The third kappa shape index (κ3) is 4.02. The van der Waals surface area contributed by atoms with Gasteiger partial charge in [-0.3, -0.25) is 4.98 Å². The van der Waals surface area contributed by atoms with Gasteiger partial charge in [-0.25, -0.2) is 0 Å². The topological polar surface area (TPSA) is 46.5 Å². The largest absolute Gasteiger partial charge is 0.309 e. The summed E-state index contributed by atoms with van der Waals surface area (Å²) in [7, 11) is 0. The summed E-state index contributed by atoms with van der Waals surface area (Å²) in [5.41, 5.74) is 8.88. The summed E-state index contributed by atoms with van der Waals surface area (Å²) in [4.78, 5) is 5.01. The van der Waals surface area contributed by atoms with E-state index in [0.29, 0.717) is 5.56 Å². The number of benzene rings is 7. The number of hydrogen-bond acceptors (Lipinski definition) is 4. The highest BCUT2D eigenvalue weighted by Crippen LogP contribution is 2.46. The van der Waals surface area contributed by atoms with Gasteiger partial charge in [-0.15, -0.1) is 22.7 Å². The molecule has 0 aliphatic carbocycles. The van der Waals surface area contributed by atoms with Crippen molar-refractivity contribution < 1.29 is 0 Å². The number of thiophene rings is 2. The van der Waals surface area contributed by atoms with Crippen LogP contribution in [0.4, 0.5) is 0 Å². The molecule has 12 rings (SSSR count). The summed E-state index contributed by atoms with van der Waals surface area (Å²) in [5.74, 6) is 0. The fourth-order valence-corrected chi connectivity index (χ4v) is 11.2. The van der Waals surface area contributed by atoms with Crippen molar-refractivity contribution in [2.75, 3.05) is 0 Å². The van der Waals surface area contributed by atoms with Gasteiger partial charge >= 0.3 is 0 Å². The summed E-state index contributed by atoms with van der Waals surface area (Å²) in [6.45, 7) is 0. The van der Waals surface area contributed by atoms with Gasteiger partial charge in [0.2, 0.25) is 0 Å². The number of nitrogens with zero attached hydrogens (tertiary/aromatic N) is 4. The number of aromatic nitrogens is 3. The Morgan fingerprint density at radius 1 is 0.481 bits per heavy atom. The first-order valence-corrected chi connectivity index (χ1v) is 19.6. The molecule has 54 heavy (non-hydrogen) atoms. The van der Waals surface area contributed by atoms with Crippen LogP contribution < -0.4 is 0 Å². The summed E-state index contributed by atoms with van der Waals surface area (Å²) in [5, 5.41) is 20.3. The second-order valence-electron chi connectivity index (χ2n) is 13.8. The molecular weight excluding hydrogens is 697 g/mol. The minimum atomic E-state index is 0.595. The molecule has 0 amide bonds. The monoisotopic (exact) mass is 722 g/mol. The van der Waals surface area contributed by atoms with Crippen LogP contribution in [0.1, 0.15) is 5.56 Å². The van der Waals surface area contributed by atoms with E-state index < -0.39 is 0 Å². The van der Waals surface area contributed by atoms with E-state index in [0.717, 1.165) is 44.7 Å². The summed E-state index contributed by atoms with van der Waals surface area (Å²) >= 11 is 3.72. The third-order valence-corrected chi connectivity index (χ3v) is 13.4. The Morgan fingerprint density at radius 2 is 1.04 bits per heavy atom. The standard InChI is InChI=1S/C48H26N4S2/c49-27-28-17-20-40(52-39-14-6-2-12-35(39)46-42(52)22-19-33-31-10-4-8-16-44(31)54-48(33)46)36(25-28)37-26-29(23-24-50-37)51-38-13-5-1-11-34(38)45-41(51)21-18-32-30-9-3-7-15-43(30)53-47(32)45/h1-26H. The van der Waals surface area contributed by atoms with Gasteiger partial charge in [0, 0.05) is 79.3 Å². The maximum Gasteiger partial charge on any atom is 0.0991 e. The van der Waals surface area contributed by atoms with Crippen LogP contribution in [0.2, 0.25) is 0 Å². The fraction of sp³-hybridized carbons (Fsp3) is 0. The average molecular weight is 723 g/mol. The van der Waals surface area contributed by atoms with E-state index in [2.05, 4.69) is 155 Å². The van der Waals surface area contributed by atoms with E-state index in [1.165, 1.54) is 61.9 Å². The van der Waals surface area contributed by atoms with E-state index >= 15 is 0 Å². The molecule has 0 atom stereocenters. The van der Waals surface area contributed by atoms with Gasteiger partial charge in [0.25, 0.3) is 0 Å². The van der Waals surface area contributed by atoms with Gasteiger partial charge < -0.3 is 9.13 Å². The Hall–Kier alpha value is -6.78. The van der Waals surface area contributed by atoms with Gasteiger partial charge in [-0.05, 0) is 66.7 Å². The molecular formula is C48H26N4S2. The first kappa shape index (κ1) is 29.8. The maximum atomic E-state index is 10.2. The van der Waals surface area contributed by atoms with E-state index in [1.807, 2.05) is 41.0 Å². The molecule has 5 heterocycles. The molecule has 0 aliphatic rings. The third-order valence-electron chi connectivity index (χ3n) is 11.0. The lowest BCUT2D eigenvalue weighted by molar-refractivity contribution is 1.14. The molecule has 0 fully saturated rings. The zero-order valence-electron chi connectivity index (χ0n) is 28.6. The smallest absolute Gasteiger partial charge is 0.0991 e. The number of fused-ring (bicyclic) bond motifs is 14. The molecule has 0 saturated heterocycles. The highest BCUT2D eigenvalue weighted by Gasteiger charge is 2.22.